The van der Waals surface area contributed by atoms with Crippen molar-refractivity contribution in [2.45, 2.75) is 51.0 Å². The third-order valence-electron chi connectivity index (χ3n) is 6.92. The third-order valence-corrected chi connectivity index (χ3v) is 6.92. The molecule has 1 aromatic rings. The van der Waals surface area contributed by atoms with Gasteiger partial charge in [0.25, 0.3) is 0 Å². The van der Waals surface area contributed by atoms with E-state index in [1.54, 1.807) is 18.2 Å². The van der Waals surface area contributed by atoms with Crippen molar-refractivity contribution in [3.05, 3.63) is 30.1 Å². The van der Waals surface area contributed by atoms with Crippen molar-refractivity contribution in [2.24, 2.45) is 10.8 Å². The minimum Gasteiger partial charge on any atom is -0.490 e. The van der Waals surface area contributed by atoms with Gasteiger partial charge in [-0.2, -0.15) is 0 Å². The van der Waals surface area contributed by atoms with Crippen molar-refractivity contribution in [2.75, 3.05) is 32.8 Å². The Labute approximate surface area is 166 Å². The second kappa shape index (κ2) is 7.99. The number of rotatable bonds is 9. The summed E-state index contributed by atoms with van der Waals surface area (Å²) in [6, 6.07) is 7.19. The number of carbonyl (C=O) groups is 1. The zero-order chi connectivity index (χ0) is 19.6. The van der Waals surface area contributed by atoms with Crippen molar-refractivity contribution in [1.29, 1.82) is 0 Å². The Hall–Kier alpha value is -1.66. The number of halogens is 1. The van der Waals surface area contributed by atoms with Crippen LogP contribution in [0.25, 0.3) is 0 Å². The number of aliphatic carboxylic acids is 1. The van der Waals surface area contributed by atoms with E-state index < -0.39 is 11.4 Å². The summed E-state index contributed by atoms with van der Waals surface area (Å²) < 4.78 is 19.9. The molecule has 0 atom stereocenters. The van der Waals surface area contributed by atoms with E-state index in [0.717, 1.165) is 51.7 Å². The van der Waals surface area contributed by atoms with E-state index in [2.05, 4.69) is 10.2 Å². The molecular weight excluding hydrogens is 359 g/mol. The Balaban J connectivity index is 1.36. The van der Waals surface area contributed by atoms with Gasteiger partial charge in [0.2, 0.25) is 0 Å². The second-order valence-electron chi connectivity index (χ2n) is 9.09. The summed E-state index contributed by atoms with van der Waals surface area (Å²) in [6.45, 7) is 3.78. The quantitative estimate of drug-likeness (QED) is 0.678. The van der Waals surface area contributed by atoms with Gasteiger partial charge in [-0.15, -0.1) is 0 Å². The molecule has 3 fully saturated rings. The standard InChI is InChI=1S/C22H31FN2O3/c23-18-4-1-2-5-19(18)28-16-21(14-24-17-6-7-17)10-12-25(13-11-21)15-22(20(26)27)8-3-9-22/h1-2,4-5,17,24H,3,6-16H2,(H,26,27). The lowest BCUT2D eigenvalue weighted by Gasteiger charge is -2.46. The molecule has 5 nitrogen and oxygen atoms in total. The molecule has 4 rings (SSSR count). The number of ether oxygens (including phenoxy) is 1. The van der Waals surface area contributed by atoms with Crippen molar-refractivity contribution in [3.63, 3.8) is 0 Å². The van der Waals surface area contributed by atoms with Crippen molar-refractivity contribution in [3.8, 4) is 5.75 Å². The SMILES string of the molecule is O=C(O)C1(CN2CCC(CNC3CC3)(COc3ccccc3F)CC2)CCC1. The maximum atomic E-state index is 14.0. The van der Waals surface area contributed by atoms with E-state index in [4.69, 9.17) is 4.74 Å². The first-order valence-corrected chi connectivity index (χ1v) is 10.6. The van der Waals surface area contributed by atoms with Crippen LogP contribution in [-0.2, 0) is 4.79 Å². The van der Waals surface area contributed by atoms with Crippen LogP contribution in [0, 0.1) is 16.6 Å². The predicted molar refractivity (Wildman–Crippen MR) is 105 cm³/mol. The summed E-state index contributed by atoms with van der Waals surface area (Å²) in [5.74, 6) is -0.650. The van der Waals surface area contributed by atoms with Crippen LogP contribution in [0.15, 0.2) is 24.3 Å². The number of carboxylic acid groups (broad SMARTS) is 1. The molecule has 3 aliphatic rings. The molecule has 0 radical (unpaired) electrons. The number of benzene rings is 1. The Morgan fingerprint density at radius 1 is 1.21 bits per heavy atom. The maximum absolute atomic E-state index is 14.0. The molecule has 0 spiro atoms. The van der Waals surface area contributed by atoms with Crippen LogP contribution in [0.4, 0.5) is 4.39 Å². The molecule has 0 bridgehead atoms. The highest BCUT2D eigenvalue weighted by Crippen LogP contribution is 2.43. The van der Waals surface area contributed by atoms with Gasteiger partial charge in [0.1, 0.15) is 0 Å². The molecule has 0 aromatic heterocycles. The molecular formula is C22H31FN2O3. The number of likely N-dealkylation sites (tertiary alicyclic amines) is 1. The zero-order valence-electron chi connectivity index (χ0n) is 16.5. The molecule has 0 amide bonds. The molecule has 6 heteroatoms. The van der Waals surface area contributed by atoms with Gasteiger partial charge in [0.15, 0.2) is 11.6 Å². The number of piperidine rings is 1. The van der Waals surface area contributed by atoms with E-state index in [-0.39, 0.29) is 11.2 Å². The Morgan fingerprint density at radius 3 is 2.50 bits per heavy atom. The lowest BCUT2D eigenvalue weighted by molar-refractivity contribution is -0.156. The highest BCUT2D eigenvalue weighted by atomic mass is 19.1. The van der Waals surface area contributed by atoms with Crippen LogP contribution in [0.3, 0.4) is 0 Å². The van der Waals surface area contributed by atoms with Crippen LogP contribution >= 0.6 is 0 Å². The average molecular weight is 390 g/mol. The molecule has 1 aliphatic heterocycles. The fourth-order valence-corrected chi connectivity index (χ4v) is 4.47. The zero-order valence-corrected chi connectivity index (χ0v) is 16.5. The summed E-state index contributed by atoms with van der Waals surface area (Å²) in [5, 5.41) is 13.2. The normalized spacial score (nSPS) is 23.8. The van der Waals surface area contributed by atoms with Gasteiger partial charge in [0.05, 0.1) is 12.0 Å². The first-order chi connectivity index (χ1) is 13.5. The topological polar surface area (TPSA) is 61.8 Å². The lowest BCUT2D eigenvalue weighted by atomic mass is 9.68. The van der Waals surface area contributed by atoms with Gasteiger partial charge in [-0.25, -0.2) is 4.39 Å². The van der Waals surface area contributed by atoms with E-state index in [9.17, 15) is 14.3 Å². The largest absolute Gasteiger partial charge is 0.490 e. The molecule has 0 unspecified atom stereocenters. The van der Waals surface area contributed by atoms with Crippen LogP contribution in [0.5, 0.6) is 5.75 Å². The van der Waals surface area contributed by atoms with Gasteiger partial charge in [-0.1, -0.05) is 18.6 Å². The minimum absolute atomic E-state index is 0.0304. The summed E-state index contributed by atoms with van der Waals surface area (Å²) in [4.78, 5) is 14.0. The fraction of sp³-hybridized carbons (Fsp3) is 0.682. The van der Waals surface area contributed by atoms with Crippen molar-refractivity contribution in [1.82, 2.24) is 10.2 Å². The molecule has 2 saturated carbocycles. The smallest absolute Gasteiger partial charge is 0.310 e. The van der Waals surface area contributed by atoms with Crippen LogP contribution in [-0.4, -0.2) is 54.8 Å². The first kappa shape index (κ1) is 19.6. The summed E-state index contributed by atoms with van der Waals surface area (Å²) in [7, 11) is 0. The molecule has 1 saturated heterocycles. The van der Waals surface area contributed by atoms with Crippen LogP contribution in [0.1, 0.15) is 44.9 Å². The summed E-state index contributed by atoms with van der Waals surface area (Å²) >= 11 is 0. The number of nitrogens with one attached hydrogen (secondary N) is 1. The summed E-state index contributed by atoms with van der Waals surface area (Å²) in [5.41, 5.74) is -0.562. The first-order valence-electron chi connectivity index (χ1n) is 10.6. The van der Waals surface area contributed by atoms with Gasteiger partial charge in [-0.05, 0) is 63.7 Å². The molecule has 2 aliphatic carbocycles. The van der Waals surface area contributed by atoms with Gasteiger partial charge >= 0.3 is 5.97 Å². The Bertz CT molecular complexity index is 695. The third kappa shape index (κ3) is 4.33. The van der Waals surface area contributed by atoms with E-state index in [1.807, 2.05) is 0 Å². The second-order valence-corrected chi connectivity index (χ2v) is 9.09. The maximum Gasteiger partial charge on any atom is 0.310 e. The predicted octanol–water partition coefficient (Wildman–Crippen LogP) is 3.29. The van der Waals surface area contributed by atoms with Crippen LogP contribution in [0.2, 0.25) is 0 Å². The van der Waals surface area contributed by atoms with Crippen molar-refractivity contribution < 1.29 is 19.0 Å². The van der Waals surface area contributed by atoms with Gasteiger partial charge < -0.3 is 20.1 Å². The summed E-state index contributed by atoms with van der Waals surface area (Å²) in [6.07, 6.45) is 6.96. The molecule has 2 N–H and O–H groups in total. The minimum atomic E-state index is -0.645. The monoisotopic (exact) mass is 390 g/mol. The number of hydrogen-bond donors (Lipinski definition) is 2. The molecule has 1 aromatic carbocycles. The van der Waals surface area contributed by atoms with E-state index in [0.29, 0.717) is 24.9 Å². The molecule has 28 heavy (non-hydrogen) atoms. The Kier molecular flexibility index (Phi) is 5.61. The number of nitrogens with zero attached hydrogens (tertiary/aromatic N) is 1. The molecule has 1 heterocycles. The lowest BCUT2D eigenvalue weighted by Crippen LogP contribution is -2.53. The van der Waals surface area contributed by atoms with Gasteiger partial charge in [-0.3, -0.25) is 4.79 Å². The Morgan fingerprint density at radius 2 is 1.93 bits per heavy atom. The van der Waals surface area contributed by atoms with Crippen molar-refractivity contribution >= 4 is 5.97 Å². The van der Waals surface area contributed by atoms with E-state index >= 15 is 0 Å². The highest BCUT2D eigenvalue weighted by Gasteiger charge is 2.47. The van der Waals surface area contributed by atoms with Gasteiger partial charge in [0, 0.05) is 24.5 Å². The average Bonchev–Trinajstić information content (AvgIpc) is 3.48. The number of para-hydroxylation sites is 1. The van der Waals surface area contributed by atoms with E-state index in [1.165, 1.54) is 18.9 Å². The number of carboxylic acids is 1. The number of hydrogen-bond acceptors (Lipinski definition) is 4. The fourth-order valence-electron chi connectivity index (χ4n) is 4.47. The molecule has 154 valence electrons. The van der Waals surface area contributed by atoms with Crippen LogP contribution < -0.4 is 10.1 Å². The highest BCUT2D eigenvalue weighted by molar-refractivity contribution is 5.76.